The van der Waals surface area contributed by atoms with Crippen LogP contribution in [0.5, 0.6) is 0 Å². The van der Waals surface area contributed by atoms with Gasteiger partial charge in [0, 0.05) is 17.1 Å². The van der Waals surface area contributed by atoms with E-state index in [-0.39, 0.29) is 11.9 Å². The molecule has 0 heterocycles. The highest BCUT2D eigenvalue weighted by Crippen LogP contribution is 2.30. The van der Waals surface area contributed by atoms with Crippen molar-refractivity contribution in [2.75, 3.05) is 7.05 Å². The van der Waals surface area contributed by atoms with Crippen LogP contribution in [-0.2, 0) is 4.79 Å². The molecule has 0 fully saturated rings. The molecule has 1 rings (SSSR count). The van der Waals surface area contributed by atoms with Crippen LogP contribution in [0.1, 0.15) is 45.2 Å². The van der Waals surface area contributed by atoms with Crippen molar-refractivity contribution in [3.63, 3.8) is 0 Å². The summed E-state index contributed by atoms with van der Waals surface area (Å²) in [5, 5.41) is 1.13. The molecule has 0 saturated carbocycles. The van der Waals surface area contributed by atoms with E-state index in [0.717, 1.165) is 5.56 Å². The summed E-state index contributed by atoms with van der Waals surface area (Å²) >= 11 is 12.1. The Hall–Kier alpha value is -0.770. The largest absolute Gasteiger partial charge is 0.337 e. The van der Waals surface area contributed by atoms with Crippen LogP contribution in [0.3, 0.4) is 0 Å². The summed E-state index contributed by atoms with van der Waals surface area (Å²) in [5.74, 6) is -0.0685. The maximum atomic E-state index is 12.6. The Morgan fingerprint density at radius 2 is 1.90 bits per heavy atom. The van der Waals surface area contributed by atoms with Crippen molar-refractivity contribution in [2.45, 2.75) is 45.2 Å². The molecule has 1 aromatic carbocycles. The van der Waals surface area contributed by atoms with E-state index < -0.39 is 5.54 Å². The minimum Gasteiger partial charge on any atom is -0.337 e. The molecule has 0 saturated heterocycles. The standard InChI is InChI=1S/C15H22Cl2N2O/c1-5-15(18,6-2)14(20)19(4)10(3)12-8-7-11(16)9-13(12)17/h7-10H,5-6,18H2,1-4H3. The smallest absolute Gasteiger partial charge is 0.242 e. The van der Waals surface area contributed by atoms with Gasteiger partial charge in [0.05, 0.1) is 11.6 Å². The van der Waals surface area contributed by atoms with Gasteiger partial charge < -0.3 is 10.6 Å². The van der Waals surface area contributed by atoms with Gasteiger partial charge in [-0.25, -0.2) is 0 Å². The normalized spacial score (nSPS) is 13.2. The molecule has 20 heavy (non-hydrogen) atoms. The van der Waals surface area contributed by atoms with Crippen molar-refractivity contribution >= 4 is 29.1 Å². The first-order chi connectivity index (χ1) is 9.26. The van der Waals surface area contributed by atoms with Crippen molar-refractivity contribution in [1.82, 2.24) is 4.90 Å². The van der Waals surface area contributed by atoms with Gasteiger partial charge in [-0.3, -0.25) is 4.79 Å². The molecular formula is C15H22Cl2N2O. The number of hydrogen-bond donors (Lipinski definition) is 1. The molecule has 3 nitrogen and oxygen atoms in total. The monoisotopic (exact) mass is 316 g/mol. The number of nitrogens with zero attached hydrogens (tertiary/aromatic N) is 1. The molecule has 112 valence electrons. The molecule has 0 aliphatic rings. The van der Waals surface area contributed by atoms with E-state index in [1.165, 1.54) is 0 Å². The number of nitrogens with two attached hydrogens (primary N) is 1. The Morgan fingerprint density at radius 1 is 1.35 bits per heavy atom. The van der Waals surface area contributed by atoms with Crippen molar-refractivity contribution in [2.24, 2.45) is 5.73 Å². The summed E-state index contributed by atoms with van der Waals surface area (Å²) in [6, 6.07) is 5.14. The first-order valence-electron chi connectivity index (χ1n) is 6.78. The number of likely N-dealkylation sites (N-methyl/N-ethyl adjacent to an activating group) is 1. The molecule has 1 aromatic rings. The van der Waals surface area contributed by atoms with Gasteiger partial charge in [0.15, 0.2) is 0 Å². The highest BCUT2D eigenvalue weighted by molar-refractivity contribution is 6.35. The fraction of sp³-hybridized carbons (Fsp3) is 0.533. The molecule has 1 amide bonds. The lowest BCUT2D eigenvalue weighted by atomic mass is 9.91. The summed E-state index contributed by atoms with van der Waals surface area (Å²) in [7, 11) is 1.75. The fourth-order valence-corrected chi connectivity index (χ4v) is 2.69. The second-order valence-corrected chi connectivity index (χ2v) is 5.96. The van der Waals surface area contributed by atoms with Crippen LogP contribution in [0, 0.1) is 0 Å². The third kappa shape index (κ3) is 3.46. The van der Waals surface area contributed by atoms with Crippen molar-refractivity contribution in [3.05, 3.63) is 33.8 Å². The quantitative estimate of drug-likeness (QED) is 0.891. The summed E-state index contributed by atoms with van der Waals surface area (Å²) in [4.78, 5) is 14.2. The molecule has 5 heteroatoms. The number of carbonyl (C=O) groups is 1. The van der Waals surface area contributed by atoms with Crippen LogP contribution in [0.15, 0.2) is 18.2 Å². The average Bonchev–Trinajstić information content (AvgIpc) is 2.44. The Morgan fingerprint density at radius 3 is 2.35 bits per heavy atom. The Bertz CT molecular complexity index is 487. The summed E-state index contributed by atoms with van der Waals surface area (Å²) in [5.41, 5.74) is 6.22. The number of hydrogen-bond acceptors (Lipinski definition) is 2. The lowest BCUT2D eigenvalue weighted by molar-refractivity contribution is -0.138. The zero-order valence-corrected chi connectivity index (χ0v) is 13.9. The molecule has 0 aliphatic carbocycles. The highest BCUT2D eigenvalue weighted by Gasteiger charge is 2.34. The van der Waals surface area contributed by atoms with Crippen molar-refractivity contribution in [1.29, 1.82) is 0 Å². The molecule has 0 aliphatic heterocycles. The zero-order chi connectivity index (χ0) is 15.5. The minimum absolute atomic E-state index is 0.0685. The van der Waals surface area contributed by atoms with Crippen LogP contribution >= 0.6 is 23.2 Å². The number of halogens is 2. The first kappa shape index (κ1) is 17.3. The molecular weight excluding hydrogens is 295 g/mol. The number of carbonyl (C=O) groups excluding carboxylic acids is 1. The molecule has 1 unspecified atom stereocenters. The number of benzene rings is 1. The third-order valence-electron chi connectivity index (χ3n) is 4.00. The van der Waals surface area contributed by atoms with Crippen molar-refractivity contribution < 1.29 is 4.79 Å². The second kappa shape index (κ2) is 6.79. The topological polar surface area (TPSA) is 46.3 Å². The van der Waals surface area contributed by atoms with Crippen molar-refractivity contribution in [3.8, 4) is 0 Å². The highest BCUT2D eigenvalue weighted by atomic mass is 35.5. The summed E-state index contributed by atoms with van der Waals surface area (Å²) in [6.45, 7) is 5.78. The van der Waals surface area contributed by atoms with E-state index in [9.17, 15) is 4.79 Å². The van der Waals surface area contributed by atoms with Gasteiger partial charge >= 0.3 is 0 Å². The lowest BCUT2D eigenvalue weighted by Crippen LogP contribution is -2.54. The van der Waals surface area contributed by atoms with E-state index in [0.29, 0.717) is 22.9 Å². The number of amides is 1. The first-order valence-corrected chi connectivity index (χ1v) is 7.53. The van der Waals surface area contributed by atoms with E-state index in [4.69, 9.17) is 28.9 Å². The van der Waals surface area contributed by atoms with Gasteiger partial charge in [-0.2, -0.15) is 0 Å². The Kier molecular flexibility index (Phi) is 5.87. The summed E-state index contributed by atoms with van der Waals surface area (Å²) < 4.78 is 0. The predicted octanol–water partition coefficient (Wildman–Crippen LogP) is 4.03. The van der Waals surface area contributed by atoms with Crippen LogP contribution in [0.2, 0.25) is 10.0 Å². The fourth-order valence-electron chi connectivity index (χ4n) is 2.13. The van der Waals surface area contributed by atoms with E-state index in [1.54, 1.807) is 24.1 Å². The second-order valence-electron chi connectivity index (χ2n) is 5.12. The van der Waals surface area contributed by atoms with Gasteiger partial charge in [0.2, 0.25) is 5.91 Å². The SMILES string of the molecule is CCC(N)(CC)C(=O)N(C)C(C)c1ccc(Cl)cc1Cl. The van der Waals surface area contributed by atoms with E-state index in [1.807, 2.05) is 26.8 Å². The number of rotatable bonds is 5. The van der Waals surface area contributed by atoms with Gasteiger partial charge in [-0.05, 0) is 37.5 Å². The van der Waals surface area contributed by atoms with Gasteiger partial charge in [-0.1, -0.05) is 43.1 Å². The molecule has 0 aromatic heterocycles. The lowest BCUT2D eigenvalue weighted by Gasteiger charge is -2.34. The molecule has 2 N–H and O–H groups in total. The van der Waals surface area contributed by atoms with E-state index >= 15 is 0 Å². The third-order valence-corrected chi connectivity index (χ3v) is 4.56. The van der Waals surface area contributed by atoms with Gasteiger partial charge in [0.1, 0.15) is 0 Å². The average molecular weight is 317 g/mol. The molecule has 0 bridgehead atoms. The molecule has 0 spiro atoms. The van der Waals surface area contributed by atoms with Crippen LogP contribution < -0.4 is 5.73 Å². The minimum atomic E-state index is -0.818. The van der Waals surface area contributed by atoms with Crippen LogP contribution in [0.25, 0.3) is 0 Å². The maximum absolute atomic E-state index is 12.6. The molecule has 0 radical (unpaired) electrons. The zero-order valence-electron chi connectivity index (χ0n) is 12.4. The molecule has 1 atom stereocenters. The Balaban J connectivity index is 3.02. The summed E-state index contributed by atoms with van der Waals surface area (Å²) in [6.07, 6.45) is 1.21. The maximum Gasteiger partial charge on any atom is 0.242 e. The van der Waals surface area contributed by atoms with Gasteiger partial charge in [0.25, 0.3) is 0 Å². The van der Waals surface area contributed by atoms with Gasteiger partial charge in [-0.15, -0.1) is 0 Å². The van der Waals surface area contributed by atoms with E-state index in [2.05, 4.69) is 0 Å². The van der Waals surface area contributed by atoms with Crippen LogP contribution in [0.4, 0.5) is 0 Å². The predicted molar refractivity (Wildman–Crippen MR) is 85.1 cm³/mol. The van der Waals surface area contributed by atoms with Crippen LogP contribution in [-0.4, -0.2) is 23.4 Å². The Labute approximate surface area is 131 Å².